The van der Waals surface area contributed by atoms with E-state index in [0.717, 1.165) is 39.3 Å². The molecule has 1 aliphatic rings. The molecule has 1 saturated heterocycles. The van der Waals surface area contributed by atoms with Gasteiger partial charge in [0.25, 0.3) is 0 Å². The molecular formula is C13H24N4O. The summed E-state index contributed by atoms with van der Waals surface area (Å²) >= 11 is 0. The molecule has 0 saturated carbocycles. The first kappa shape index (κ1) is 13.5. The minimum Gasteiger partial charge on any atom is -0.374 e. The molecular weight excluding hydrogens is 228 g/mol. The molecule has 1 aliphatic heterocycles. The zero-order valence-electron chi connectivity index (χ0n) is 11.2. The Hall–Kier alpha value is -0.910. The van der Waals surface area contributed by atoms with Crippen LogP contribution in [0.25, 0.3) is 0 Å². The Morgan fingerprint density at radius 2 is 2.39 bits per heavy atom. The lowest BCUT2D eigenvalue weighted by molar-refractivity contribution is -0.0180. The number of rotatable bonds is 7. The van der Waals surface area contributed by atoms with Crippen molar-refractivity contribution in [2.24, 2.45) is 0 Å². The van der Waals surface area contributed by atoms with Gasteiger partial charge in [0.2, 0.25) is 0 Å². The van der Waals surface area contributed by atoms with E-state index in [1.165, 1.54) is 12.8 Å². The smallest absolute Gasteiger partial charge is 0.0945 e. The quantitative estimate of drug-likeness (QED) is 0.721. The number of nitrogens with one attached hydrogen (secondary N) is 1. The highest BCUT2D eigenvalue weighted by atomic mass is 16.5. The van der Waals surface area contributed by atoms with Gasteiger partial charge in [-0.1, -0.05) is 0 Å². The molecule has 0 amide bonds. The predicted octanol–water partition coefficient (Wildman–Crippen LogP) is 0.583. The number of imidazole rings is 1. The summed E-state index contributed by atoms with van der Waals surface area (Å²) in [5.41, 5.74) is 0. The second-order valence-electron chi connectivity index (χ2n) is 4.97. The molecule has 1 aromatic heterocycles. The second-order valence-corrected chi connectivity index (χ2v) is 4.97. The van der Waals surface area contributed by atoms with Crippen LogP contribution in [0.5, 0.6) is 0 Å². The maximum atomic E-state index is 5.70. The summed E-state index contributed by atoms with van der Waals surface area (Å²) in [6, 6.07) is 0. The number of unbranched alkanes of at least 4 members (excludes halogenated alkanes) is 1. The van der Waals surface area contributed by atoms with Crippen LogP contribution >= 0.6 is 0 Å². The first-order valence-electron chi connectivity index (χ1n) is 6.81. The lowest BCUT2D eigenvalue weighted by atomic mass is 10.2. The molecule has 2 heterocycles. The minimum atomic E-state index is 0.359. The molecule has 0 radical (unpaired) electrons. The molecule has 2 rings (SSSR count). The summed E-state index contributed by atoms with van der Waals surface area (Å²) in [6.45, 7) is 6.06. The highest BCUT2D eigenvalue weighted by molar-refractivity contribution is 4.74. The van der Waals surface area contributed by atoms with Gasteiger partial charge in [-0.3, -0.25) is 0 Å². The van der Waals surface area contributed by atoms with Crippen molar-refractivity contribution in [2.45, 2.75) is 25.5 Å². The van der Waals surface area contributed by atoms with E-state index in [2.05, 4.69) is 26.8 Å². The van der Waals surface area contributed by atoms with Gasteiger partial charge in [-0.25, -0.2) is 4.98 Å². The van der Waals surface area contributed by atoms with Crippen LogP contribution in [-0.2, 0) is 11.3 Å². The van der Waals surface area contributed by atoms with E-state index in [1.807, 2.05) is 18.7 Å². The Kier molecular flexibility index (Phi) is 5.64. The van der Waals surface area contributed by atoms with E-state index in [9.17, 15) is 0 Å². The molecule has 0 bridgehead atoms. The molecule has 0 aromatic carbocycles. The van der Waals surface area contributed by atoms with E-state index < -0.39 is 0 Å². The third kappa shape index (κ3) is 4.76. The normalized spacial score (nSPS) is 21.3. The second kappa shape index (κ2) is 7.51. The first-order chi connectivity index (χ1) is 8.84. The van der Waals surface area contributed by atoms with E-state index in [-0.39, 0.29) is 0 Å². The number of likely N-dealkylation sites (N-methyl/N-ethyl adjacent to an activating group) is 1. The molecule has 1 N–H and O–H groups in total. The van der Waals surface area contributed by atoms with Gasteiger partial charge in [0.15, 0.2) is 0 Å². The Morgan fingerprint density at radius 1 is 1.44 bits per heavy atom. The molecule has 102 valence electrons. The third-order valence-corrected chi connectivity index (χ3v) is 3.29. The molecule has 5 heteroatoms. The summed E-state index contributed by atoms with van der Waals surface area (Å²) in [5, 5.41) is 3.48. The summed E-state index contributed by atoms with van der Waals surface area (Å²) < 4.78 is 7.82. The van der Waals surface area contributed by atoms with Crippen molar-refractivity contribution < 1.29 is 4.74 Å². The minimum absolute atomic E-state index is 0.359. The van der Waals surface area contributed by atoms with E-state index >= 15 is 0 Å². The van der Waals surface area contributed by atoms with Crippen LogP contribution < -0.4 is 5.32 Å². The van der Waals surface area contributed by atoms with Gasteiger partial charge in [-0.15, -0.1) is 0 Å². The summed E-state index contributed by atoms with van der Waals surface area (Å²) in [5.74, 6) is 0. The van der Waals surface area contributed by atoms with E-state index in [1.54, 1.807) is 0 Å². The molecule has 0 spiro atoms. The van der Waals surface area contributed by atoms with E-state index in [4.69, 9.17) is 4.74 Å². The van der Waals surface area contributed by atoms with Crippen molar-refractivity contribution in [3.63, 3.8) is 0 Å². The predicted molar refractivity (Wildman–Crippen MR) is 71.6 cm³/mol. The van der Waals surface area contributed by atoms with Crippen LogP contribution in [0.3, 0.4) is 0 Å². The van der Waals surface area contributed by atoms with Gasteiger partial charge >= 0.3 is 0 Å². The summed E-state index contributed by atoms with van der Waals surface area (Å²) in [6.07, 6.45) is 8.46. The molecule has 5 nitrogen and oxygen atoms in total. The lowest BCUT2D eigenvalue weighted by Crippen LogP contribution is -2.44. The van der Waals surface area contributed by atoms with Crippen molar-refractivity contribution in [1.29, 1.82) is 0 Å². The average Bonchev–Trinajstić information content (AvgIpc) is 2.87. The Morgan fingerprint density at radius 3 is 3.17 bits per heavy atom. The van der Waals surface area contributed by atoms with Crippen molar-refractivity contribution in [1.82, 2.24) is 19.8 Å². The third-order valence-electron chi connectivity index (χ3n) is 3.29. The molecule has 1 fully saturated rings. The van der Waals surface area contributed by atoms with Gasteiger partial charge in [0, 0.05) is 38.6 Å². The standard InChI is InChI=1S/C13H24N4O/c1-16-8-9-18-13(11-16)10-14-4-2-3-6-17-7-5-15-12-17/h5,7,12-14H,2-4,6,8-11H2,1H3. The van der Waals surface area contributed by atoms with Crippen LogP contribution in [0, 0.1) is 0 Å². The topological polar surface area (TPSA) is 42.3 Å². The van der Waals surface area contributed by atoms with Gasteiger partial charge < -0.3 is 19.5 Å². The number of nitrogens with zero attached hydrogens (tertiary/aromatic N) is 3. The van der Waals surface area contributed by atoms with Gasteiger partial charge in [-0.05, 0) is 26.4 Å². The molecule has 18 heavy (non-hydrogen) atoms. The molecule has 1 atom stereocenters. The Balaban J connectivity index is 1.46. The Bertz CT molecular complexity index is 315. The fourth-order valence-corrected chi connectivity index (χ4v) is 2.22. The van der Waals surface area contributed by atoms with Gasteiger partial charge in [0.05, 0.1) is 19.0 Å². The first-order valence-corrected chi connectivity index (χ1v) is 6.81. The number of aryl methyl sites for hydroxylation is 1. The fourth-order valence-electron chi connectivity index (χ4n) is 2.22. The van der Waals surface area contributed by atoms with Crippen LogP contribution in [0.1, 0.15) is 12.8 Å². The van der Waals surface area contributed by atoms with Crippen LogP contribution in [0.2, 0.25) is 0 Å². The van der Waals surface area contributed by atoms with Gasteiger partial charge in [0.1, 0.15) is 0 Å². The Labute approximate surface area is 109 Å². The van der Waals surface area contributed by atoms with Crippen molar-refractivity contribution in [2.75, 3.05) is 39.8 Å². The molecule has 1 aromatic rings. The van der Waals surface area contributed by atoms with Gasteiger partial charge in [-0.2, -0.15) is 0 Å². The zero-order valence-corrected chi connectivity index (χ0v) is 11.2. The monoisotopic (exact) mass is 252 g/mol. The number of hydrogen-bond donors (Lipinski definition) is 1. The lowest BCUT2D eigenvalue weighted by Gasteiger charge is -2.30. The SMILES string of the molecule is CN1CCOC(CNCCCCn2ccnc2)C1. The molecule has 1 unspecified atom stereocenters. The number of aromatic nitrogens is 2. The number of hydrogen-bond acceptors (Lipinski definition) is 4. The maximum absolute atomic E-state index is 5.70. The van der Waals surface area contributed by atoms with Crippen molar-refractivity contribution in [3.05, 3.63) is 18.7 Å². The zero-order chi connectivity index (χ0) is 12.6. The molecule has 0 aliphatic carbocycles. The maximum Gasteiger partial charge on any atom is 0.0945 e. The fraction of sp³-hybridized carbons (Fsp3) is 0.769. The van der Waals surface area contributed by atoms with Crippen LogP contribution in [-0.4, -0.2) is 60.4 Å². The largest absolute Gasteiger partial charge is 0.374 e. The van der Waals surface area contributed by atoms with Crippen molar-refractivity contribution >= 4 is 0 Å². The van der Waals surface area contributed by atoms with Crippen molar-refractivity contribution in [3.8, 4) is 0 Å². The van der Waals surface area contributed by atoms with Crippen LogP contribution in [0.4, 0.5) is 0 Å². The summed E-state index contributed by atoms with van der Waals surface area (Å²) in [7, 11) is 2.15. The highest BCUT2D eigenvalue weighted by Gasteiger charge is 2.16. The number of ether oxygens (including phenoxy) is 1. The number of morpholine rings is 1. The summed E-state index contributed by atoms with van der Waals surface area (Å²) in [4.78, 5) is 6.36. The highest BCUT2D eigenvalue weighted by Crippen LogP contribution is 2.01. The van der Waals surface area contributed by atoms with Crippen LogP contribution in [0.15, 0.2) is 18.7 Å². The van der Waals surface area contributed by atoms with E-state index in [0.29, 0.717) is 6.10 Å². The average molecular weight is 252 g/mol.